The van der Waals surface area contributed by atoms with Gasteiger partial charge in [0.15, 0.2) is 0 Å². The number of fused-ring (bicyclic) bond motifs is 5. The lowest BCUT2D eigenvalue weighted by molar-refractivity contribution is -0.138. The molecule has 3 fully saturated rings. The van der Waals surface area contributed by atoms with Crippen LogP contribution in [-0.2, 0) is 14.4 Å². The molecule has 7 atom stereocenters. The van der Waals surface area contributed by atoms with Crippen molar-refractivity contribution in [2.75, 3.05) is 0 Å². The Kier molecular flexibility index (Phi) is 5.53. The van der Waals surface area contributed by atoms with Crippen LogP contribution < -0.4 is 11.1 Å². The summed E-state index contributed by atoms with van der Waals surface area (Å²) in [5.41, 5.74) is 6.04. The van der Waals surface area contributed by atoms with Gasteiger partial charge in [0.05, 0.1) is 0 Å². The zero-order valence-corrected chi connectivity index (χ0v) is 20.3. The van der Waals surface area contributed by atoms with Gasteiger partial charge in [0.1, 0.15) is 0 Å². The fourth-order valence-electron chi connectivity index (χ4n) is 8.46. The lowest BCUT2D eigenvalue weighted by atomic mass is 9.44. The van der Waals surface area contributed by atoms with Crippen molar-refractivity contribution < 1.29 is 19.5 Å². The SMILES string of the molecule is CC(C)(C)NC(=O)C1CC[C@H]2[C@@H]3CCC4C(C(N)=O)=C(C(=O)O)CC[C@]4(C)[C@@H]3CC[C@]12C. The molecule has 3 saturated carbocycles. The molecule has 0 saturated heterocycles. The number of primary amides is 1. The number of carbonyl (C=O) groups excluding carboxylic acids is 2. The molecule has 4 N–H and O–H groups in total. The maximum Gasteiger partial charge on any atom is 0.332 e. The first-order valence-electron chi connectivity index (χ1n) is 12.4. The minimum atomic E-state index is -0.998. The summed E-state index contributed by atoms with van der Waals surface area (Å²) >= 11 is 0. The van der Waals surface area contributed by atoms with Gasteiger partial charge < -0.3 is 16.2 Å². The highest BCUT2D eigenvalue weighted by Gasteiger charge is 2.62. The van der Waals surface area contributed by atoms with Crippen molar-refractivity contribution in [1.82, 2.24) is 5.32 Å². The number of hydrogen-bond acceptors (Lipinski definition) is 3. The smallest absolute Gasteiger partial charge is 0.332 e. The van der Waals surface area contributed by atoms with E-state index in [4.69, 9.17) is 5.73 Å². The van der Waals surface area contributed by atoms with Crippen molar-refractivity contribution in [2.45, 2.75) is 91.5 Å². The maximum absolute atomic E-state index is 13.2. The first kappa shape index (κ1) is 23.3. The zero-order chi connectivity index (χ0) is 23.6. The second-order valence-electron chi connectivity index (χ2n) is 12.5. The summed E-state index contributed by atoms with van der Waals surface area (Å²) in [6.45, 7) is 10.7. The standard InChI is InChI=1S/C26H40N2O4/c1-24(2,3)28-22(30)19-9-8-16-14-6-7-18-20(21(27)29)15(23(31)32)10-12-25(18,4)17(14)11-13-26(16,19)5/h14,16-19H,6-13H2,1-5H3,(H2,27,29)(H,28,30)(H,31,32)/t14-,16-,17+,18?,19?,25+,26-/m0/s1. The van der Waals surface area contributed by atoms with Gasteiger partial charge >= 0.3 is 5.97 Å². The molecule has 0 spiro atoms. The molecule has 2 amide bonds. The molecular weight excluding hydrogens is 404 g/mol. The van der Waals surface area contributed by atoms with Crippen molar-refractivity contribution in [1.29, 1.82) is 0 Å². The molecule has 32 heavy (non-hydrogen) atoms. The highest BCUT2D eigenvalue weighted by Crippen LogP contribution is 2.68. The topological polar surface area (TPSA) is 109 Å². The fraction of sp³-hybridized carbons (Fsp3) is 0.808. The summed E-state index contributed by atoms with van der Waals surface area (Å²) in [6, 6.07) is 0. The van der Waals surface area contributed by atoms with Gasteiger partial charge in [-0.2, -0.15) is 0 Å². The van der Waals surface area contributed by atoms with Crippen molar-refractivity contribution >= 4 is 17.8 Å². The number of rotatable bonds is 3. The van der Waals surface area contributed by atoms with E-state index in [1.807, 2.05) is 20.8 Å². The quantitative estimate of drug-likeness (QED) is 0.610. The molecule has 4 aliphatic carbocycles. The first-order valence-corrected chi connectivity index (χ1v) is 12.4. The average Bonchev–Trinajstić information content (AvgIpc) is 3.02. The van der Waals surface area contributed by atoms with E-state index in [0.29, 0.717) is 29.7 Å². The van der Waals surface area contributed by atoms with Gasteiger partial charge in [0.25, 0.3) is 0 Å². The molecule has 4 aliphatic rings. The second kappa shape index (κ2) is 7.59. The van der Waals surface area contributed by atoms with Crippen LogP contribution in [0.4, 0.5) is 0 Å². The normalized spacial score (nSPS) is 41.3. The van der Waals surface area contributed by atoms with Crippen LogP contribution in [0.25, 0.3) is 0 Å². The predicted molar refractivity (Wildman–Crippen MR) is 122 cm³/mol. The molecule has 0 bridgehead atoms. The second-order valence-corrected chi connectivity index (χ2v) is 12.5. The molecule has 178 valence electrons. The van der Waals surface area contributed by atoms with Crippen LogP contribution in [0.5, 0.6) is 0 Å². The largest absolute Gasteiger partial charge is 0.478 e. The molecule has 6 heteroatoms. The van der Waals surface area contributed by atoms with E-state index in [1.54, 1.807) is 0 Å². The van der Waals surface area contributed by atoms with Crippen LogP contribution in [-0.4, -0.2) is 28.4 Å². The van der Waals surface area contributed by atoms with Gasteiger partial charge in [0, 0.05) is 22.6 Å². The molecule has 6 nitrogen and oxygen atoms in total. The van der Waals surface area contributed by atoms with Crippen molar-refractivity contribution in [2.24, 2.45) is 46.2 Å². The van der Waals surface area contributed by atoms with Gasteiger partial charge in [-0.15, -0.1) is 0 Å². The Labute approximate surface area is 191 Å². The monoisotopic (exact) mass is 444 g/mol. The van der Waals surface area contributed by atoms with Gasteiger partial charge in [0.2, 0.25) is 11.8 Å². The molecule has 2 unspecified atom stereocenters. The van der Waals surface area contributed by atoms with E-state index in [1.165, 1.54) is 0 Å². The number of aliphatic carboxylic acids is 1. The minimum Gasteiger partial charge on any atom is -0.478 e. The number of amides is 2. The summed E-state index contributed by atoms with van der Waals surface area (Å²) in [7, 11) is 0. The molecule has 0 heterocycles. The van der Waals surface area contributed by atoms with E-state index < -0.39 is 11.9 Å². The van der Waals surface area contributed by atoms with Crippen LogP contribution in [0.15, 0.2) is 11.1 Å². The Morgan fingerprint density at radius 3 is 2.22 bits per heavy atom. The van der Waals surface area contributed by atoms with E-state index in [9.17, 15) is 19.5 Å². The van der Waals surface area contributed by atoms with Crippen LogP contribution in [0, 0.1) is 40.4 Å². The average molecular weight is 445 g/mol. The van der Waals surface area contributed by atoms with Gasteiger partial charge in [-0.3, -0.25) is 9.59 Å². The Morgan fingerprint density at radius 1 is 0.969 bits per heavy atom. The van der Waals surface area contributed by atoms with E-state index in [2.05, 4.69) is 19.2 Å². The summed E-state index contributed by atoms with van der Waals surface area (Å²) in [4.78, 5) is 37.3. The van der Waals surface area contributed by atoms with Gasteiger partial charge in [-0.05, 0) is 107 Å². The number of hydrogen-bond donors (Lipinski definition) is 3. The third kappa shape index (κ3) is 3.49. The summed E-state index contributed by atoms with van der Waals surface area (Å²) in [5, 5.41) is 12.9. The Morgan fingerprint density at radius 2 is 1.62 bits per heavy atom. The Bertz CT molecular complexity index is 872. The Balaban J connectivity index is 1.62. The van der Waals surface area contributed by atoms with Gasteiger partial charge in [-0.1, -0.05) is 13.8 Å². The highest BCUT2D eigenvalue weighted by atomic mass is 16.4. The molecule has 0 radical (unpaired) electrons. The van der Waals surface area contributed by atoms with E-state index in [0.717, 1.165) is 44.9 Å². The third-order valence-corrected chi connectivity index (χ3v) is 9.79. The third-order valence-electron chi connectivity index (χ3n) is 9.79. The van der Waals surface area contributed by atoms with E-state index >= 15 is 0 Å². The number of carbonyl (C=O) groups is 3. The van der Waals surface area contributed by atoms with Crippen LogP contribution in [0.1, 0.15) is 86.0 Å². The van der Waals surface area contributed by atoms with Gasteiger partial charge in [-0.25, -0.2) is 4.79 Å². The minimum absolute atomic E-state index is 0.0168. The van der Waals surface area contributed by atoms with Crippen LogP contribution >= 0.6 is 0 Å². The lowest BCUT2D eigenvalue weighted by Gasteiger charge is -2.60. The molecular formula is C26H40N2O4. The number of nitrogens with two attached hydrogens (primary N) is 1. The summed E-state index contributed by atoms with van der Waals surface area (Å²) in [6.07, 6.45) is 7.11. The molecule has 0 aromatic heterocycles. The lowest BCUT2D eigenvalue weighted by Crippen LogP contribution is -2.55. The van der Waals surface area contributed by atoms with E-state index in [-0.39, 0.29) is 39.7 Å². The summed E-state index contributed by atoms with van der Waals surface area (Å²) in [5.74, 6) is 0.132. The van der Waals surface area contributed by atoms with Crippen molar-refractivity contribution in [3.63, 3.8) is 0 Å². The molecule has 0 aromatic rings. The molecule has 0 aromatic carbocycles. The van der Waals surface area contributed by atoms with Crippen molar-refractivity contribution in [3.05, 3.63) is 11.1 Å². The predicted octanol–water partition coefficient (Wildman–Crippen LogP) is 4.04. The fourth-order valence-corrected chi connectivity index (χ4v) is 8.46. The summed E-state index contributed by atoms with van der Waals surface area (Å²) < 4.78 is 0. The maximum atomic E-state index is 13.2. The molecule has 0 aliphatic heterocycles. The van der Waals surface area contributed by atoms with Crippen LogP contribution in [0.3, 0.4) is 0 Å². The first-order chi connectivity index (χ1) is 14.8. The number of nitrogens with one attached hydrogen (secondary N) is 1. The Hall–Kier alpha value is -1.85. The van der Waals surface area contributed by atoms with Crippen LogP contribution in [0.2, 0.25) is 0 Å². The number of carboxylic acid groups (broad SMARTS) is 1. The highest BCUT2D eigenvalue weighted by molar-refractivity contribution is 6.02. The number of carboxylic acids is 1. The van der Waals surface area contributed by atoms with Crippen molar-refractivity contribution in [3.8, 4) is 0 Å². The molecule has 4 rings (SSSR count). The zero-order valence-electron chi connectivity index (χ0n) is 20.3.